The van der Waals surface area contributed by atoms with E-state index in [-0.39, 0.29) is 5.03 Å². The maximum atomic E-state index is 12.8. The predicted molar refractivity (Wildman–Crippen MR) is 81.4 cm³/mol. The molecule has 3 heterocycles. The monoisotopic (exact) mass is 330 g/mol. The Labute approximate surface area is 127 Å². The molecule has 2 N–H and O–H groups in total. The molecule has 9 heteroatoms. The number of fused-ring (bicyclic) bond motifs is 1. The van der Waals surface area contributed by atoms with Crippen LogP contribution >= 0.6 is 11.3 Å². The molecule has 116 valence electrons. The number of imidazole rings is 1. The molecule has 2 aromatic rings. The number of hydrogen-bond donors (Lipinski definition) is 2. The van der Waals surface area contributed by atoms with Gasteiger partial charge in [0.2, 0.25) is 0 Å². The Kier molecular flexibility index (Phi) is 3.68. The van der Waals surface area contributed by atoms with Gasteiger partial charge in [-0.15, -0.1) is 11.3 Å². The summed E-state index contributed by atoms with van der Waals surface area (Å²) in [7, 11) is -2.04. The maximum absolute atomic E-state index is 12.8. The fourth-order valence-corrected chi connectivity index (χ4v) is 5.06. The topological polar surface area (TPSA) is 84.7 Å². The van der Waals surface area contributed by atoms with E-state index >= 15 is 0 Å². The normalized spacial score (nSPS) is 23.5. The molecule has 3 rings (SSSR count). The zero-order chi connectivity index (χ0) is 15.1. The molecule has 1 aliphatic rings. The Balaban J connectivity index is 2.01. The summed E-state index contributed by atoms with van der Waals surface area (Å²) in [6.07, 6.45) is 3.31. The van der Waals surface area contributed by atoms with Crippen LogP contribution in [0.5, 0.6) is 0 Å². The van der Waals surface area contributed by atoms with Crippen LogP contribution in [-0.2, 0) is 14.8 Å². The second-order valence-electron chi connectivity index (χ2n) is 5.39. The minimum atomic E-state index is -3.70. The van der Waals surface area contributed by atoms with Gasteiger partial charge in [-0.25, -0.2) is 18.1 Å². The minimum absolute atomic E-state index is 0.146. The Bertz CT molecular complexity index is 744. The predicted octanol–water partition coefficient (Wildman–Crippen LogP) is 1.28. The van der Waals surface area contributed by atoms with Gasteiger partial charge in [0.05, 0.1) is 12.1 Å². The van der Waals surface area contributed by atoms with E-state index in [4.69, 9.17) is 4.74 Å². The molecular formula is C12H18N4O3S2. The van der Waals surface area contributed by atoms with E-state index in [0.717, 1.165) is 12.8 Å². The average molecular weight is 330 g/mol. The number of anilines is 1. The lowest BCUT2D eigenvalue weighted by molar-refractivity contribution is 0.0386. The largest absolute Gasteiger partial charge is 0.380 e. The Morgan fingerprint density at radius 3 is 3.00 bits per heavy atom. The van der Waals surface area contributed by atoms with Crippen LogP contribution in [-0.4, -0.2) is 43.6 Å². The molecule has 0 spiro atoms. The molecule has 21 heavy (non-hydrogen) atoms. The molecule has 1 unspecified atom stereocenters. The summed E-state index contributed by atoms with van der Waals surface area (Å²) in [6, 6.07) is 0. The van der Waals surface area contributed by atoms with Crippen LogP contribution in [0.2, 0.25) is 0 Å². The number of sulfonamides is 1. The van der Waals surface area contributed by atoms with Crippen molar-refractivity contribution >= 4 is 32.1 Å². The summed E-state index contributed by atoms with van der Waals surface area (Å²) in [5.74, 6) is 0.356. The average Bonchev–Trinajstić information content (AvgIpc) is 2.97. The van der Waals surface area contributed by atoms with Gasteiger partial charge < -0.3 is 10.1 Å². The lowest BCUT2D eigenvalue weighted by atomic mass is 9.97. The first-order valence-electron chi connectivity index (χ1n) is 6.70. The van der Waals surface area contributed by atoms with Crippen LogP contribution in [0.15, 0.2) is 16.6 Å². The van der Waals surface area contributed by atoms with Gasteiger partial charge in [-0.3, -0.25) is 4.40 Å². The third-order valence-corrected chi connectivity index (χ3v) is 5.95. The second-order valence-corrected chi connectivity index (χ2v) is 7.86. The molecule has 0 bridgehead atoms. The van der Waals surface area contributed by atoms with E-state index in [2.05, 4.69) is 15.0 Å². The Morgan fingerprint density at radius 2 is 2.33 bits per heavy atom. The van der Waals surface area contributed by atoms with Crippen LogP contribution in [0.1, 0.15) is 19.8 Å². The van der Waals surface area contributed by atoms with Crippen LogP contribution in [0.4, 0.5) is 5.82 Å². The third kappa shape index (κ3) is 2.66. The molecule has 1 fully saturated rings. The van der Waals surface area contributed by atoms with Gasteiger partial charge in [0.25, 0.3) is 10.0 Å². The van der Waals surface area contributed by atoms with Crippen LogP contribution in [0.3, 0.4) is 0 Å². The number of thiazole rings is 1. The van der Waals surface area contributed by atoms with Crippen LogP contribution in [0, 0.1) is 0 Å². The number of nitrogens with one attached hydrogen (secondary N) is 2. The van der Waals surface area contributed by atoms with E-state index in [1.165, 1.54) is 11.3 Å². The highest BCUT2D eigenvalue weighted by Crippen LogP contribution is 2.28. The minimum Gasteiger partial charge on any atom is -0.380 e. The summed E-state index contributed by atoms with van der Waals surface area (Å²) in [5.41, 5.74) is -0.581. The molecule has 0 amide bonds. The molecule has 0 saturated carbocycles. The summed E-state index contributed by atoms with van der Waals surface area (Å²) >= 11 is 1.39. The van der Waals surface area contributed by atoms with E-state index < -0.39 is 15.6 Å². The zero-order valence-corrected chi connectivity index (χ0v) is 13.6. The SMILES string of the molecule is CNc1nc2sccn2c1S(=O)(=O)NC1(C)CCCOC1. The third-order valence-electron chi connectivity index (χ3n) is 3.53. The highest BCUT2D eigenvalue weighted by Gasteiger charge is 2.35. The lowest BCUT2D eigenvalue weighted by Gasteiger charge is -2.33. The Hall–Kier alpha value is -1.16. The van der Waals surface area contributed by atoms with Gasteiger partial charge in [0.15, 0.2) is 15.8 Å². The lowest BCUT2D eigenvalue weighted by Crippen LogP contribution is -2.51. The first-order valence-corrected chi connectivity index (χ1v) is 9.06. The molecule has 1 aliphatic heterocycles. The standard InChI is InChI=1S/C12H18N4O3S2/c1-12(4-3-6-19-8-12)15-21(17,18)10-9(13-2)14-11-16(10)5-7-20-11/h5,7,13,15H,3-4,6,8H2,1-2H3. The number of rotatable bonds is 4. The van der Waals surface area contributed by atoms with Crippen molar-refractivity contribution in [2.24, 2.45) is 0 Å². The molecular weight excluding hydrogens is 312 g/mol. The molecule has 1 saturated heterocycles. The number of ether oxygens (including phenoxy) is 1. The van der Waals surface area contributed by atoms with E-state index in [9.17, 15) is 8.42 Å². The first-order chi connectivity index (χ1) is 9.95. The van der Waals surface area contributed by atoms with Gasteiger partial charge in [-0.05, 0) is 19.8 Å². The van der Waals surface area contributed by atoms with Crippen molar-refractivity contribution in [3.8, 4) is 0 Å². The smallest absolute Gasteiger partial charge is 0.260 e. The van der Waals surface area contributed by atoms with Crippen molar-refractivity contribution in [1.29, 1.82) is 0 Å². The fourth-order valence-electron chi connectivity index (χ4n) is 2.57. The second kappa shape index (κ2) is 5.24. The molecule has 2 aromatic heterocycles. The van der Waals surface area contributed by atoms with Gasteiger partial charge in [0, 0.05) is 25.2 Å². The van der Waals surface area contributed by atoms with Gasteiger partial charge in [0.1, 0.15) is 0 Å². The summed E-state index contributed by atoms with van der Waals surface area (Å²) in [6.45, 7) is 2.93. The van der Waals surface area contributed by atoms with E-state index in [0.29, 0.717) is 24.0 Å². The maximum Gasteiger partial charge on any atom is 0.260 e. The molecule has 0 aromatic carbocycles. The van der Waals surface area contributed by atoms with E-state index in [1.807, 2.05) is 12.3 Å². The number of nitrogens with zero attached hydrogens (tertiary/aromatic N) is 2. The Morgan fingerprint density at radius 1 is 1.52 bits per heavy atom. The quantitative estimate of drug-likeness (QED) is 0.882. The number of aromatic nitrogens is 2. The molecule has 1 atom stereocenters. The molecule has 7 nitrogen and oxygen atoms in total. The summed E-state index contributed by atoms with van der Waals surface area (Å²) in [5, 5.41) is 4.81. The van der Waals surface area contributed by atoms with Crippen molar-refractivity contribution in [2.45, 2.75) is 30.3 Å². The summed E-state index contributed by atoms with van der Waals surface area (Å²) in [4.78, 5) is 4.94. The van der Waals surface area contributed by atoms with E-state index in [1.54, 1.807) is 17.6 Å². The zero-order valence-electron chi connectivity index (χ0n) is 11.9. The van der Waals surface area contributed by atoms with Crippen molar-refractivity contribution in [1.82, 2.24) is 14.1 Å². The highest BCUT2D eigenvalue weighted by atomic mass is 32.2. The van der Waals surface area contributed by atoms with Crippen LogP contribution < -0.4 is 10.0 Å². The van der Waals surface area contributed by atoms with Crippen molar-refractivity contribution in [2.75, 3.05) is 25.6 Å². The summed E-state index contributed by atoms with van der Waals surface area (Å²) < 4.78 is 35.4. The van der Waals surface area contributed by atoms with Crippen molar-refractivity contribution in [3.63, 3.8) is 0 Å². The van der Waals surface area contributed by atoms with Gasteiger partial charge >= 0.3 is 0 Å². The van der Waals surface area contributed by atoms with Crippen molar-refractivity contribution < 1.29 is 13.2 Å². The van der Waals surface area contributed by atoms with Crippen molar-refractivity contribution in [3.05, 3.63) is 11.6 Å². The number of hydrogen-bond acceptors (Lipinski definition) is 6. The van der Waals surface area contributed by atoms with Crippen LogP contribution in [0.25, 0.3) is 4.96 Å². The molecule has 0 aliphatic carbocycles. The van der Waals surface area contributed by atoms with Gasteiger partial charge in [-0.1, -0.05) is 0 Å². The highest BCUT2D eigenvalue weighted by molar-refractivity contribution is 7.89. The van der Waals surface area contributed by atoms with Gasteiger partial charge in [-0.2, -0.15) is 0 Å². The first kappa shape index (κ1) is 14.8. The fraction of sp³-hybridized carbons (Fsp3) is 0.583. The molecule has 0 radical (unpaired) electrons.